The van der Waals surface area contributed by atoms with E-state index in [1.54, 1.807) is 11.8 Å². The van der Waals surface area contributed by atoms with Crippen molar-refractivity contribution in [3.8, 4) is 0 Å². The number of carbonyl (C=O) groups is 2. The summed E-state index contributed by atoms with van der Waals surface area (Å²) in [5, 5.41) is 8.71. The Morgan fingerprint density at radius 2 is 1.88 bits per heavy atom. The maximum atomic E-state index is 11.4. The van der Waals surface area contributed by atoms with Crippen molar-refractivity contribution in [2.45, 2.75) is 6.92 Å². The first-order valence-electron chi connectivity index (χ1n) is 5.59. The van der Waals surface area contributed by atoms with Crippen LogP contribution in [0.4, 0.5) is 4.79 Å². The van der Waals surface area contributed by atoms with Crippen LogP contribution in [-0.4, -0.2) is 66.3 Å². The molecule has 1 amide bonds. The van der Waals surface area contributed by atoms with Crippen LogP contribution in [-0.2, 0) is 9.53 Å². The van der Waals surface area contributed by atoms with Gasteiger partial charge in [0.2, 0.25) is 0 Å². The van der Waals surface area contributed by atoms with Crippen molar-refractivity contribution >= 4 is 12.1 Å². The van der Waals surface area contributed by atoms with E-state index in [-0.39, 0.29) is 11.7 Å². The number of amides is 1. The van der Waals surface area contributed by atoms with E-state index in [1.165, 1.54) is 0 Å². The Bertz CT molecular complexity index is 309. The highest BCUT2D eigenvalue weighted by atomic mass is 16.6. The molecule has 6 heteroatoms. The Balaban J connectivity index is 2.33. The van der Waals surface area contributed by atoms with Gasteiger partial charge in [-0.05, 0) is 6.92 Å². The van der Waals surface area contributed by atoms with Gasteiger partial charge in [0, 0.05) is 38.3 Å². The van der Waals surface area contributed by atoms with E-state index in [9.17, 15) is 9.59 Å². The minimum atomic E-state index is -0.974. The molecule has 0 atom stereocenters. The molecular formula is C11H18N2O4. The van der Waals surface area contributed by atoms with Crippen molar-refractivity contribution in [3.63, 3.8) is 0 Å². The molecule has 6 nitrogen and oxygen atoms in total. The average molecular weight is 242 g/mol. The Kier molecular flexibility index (Phi) is 4.96. The van der Waals surface area contributed by atoms with Crippen LogP contribution in [0.25, 0.3) is 0 Å². The molecule has 0 radical (unpaired) electrons. The molecule has 0 saturated carbocycles. The zero-order valence-corrected chi connectivity index (χ0v) is 10.0. The van der Waals surface area contributed by atoms with Crippen LogP contribution in [0, 0.1) is 0 Å². The molecule has 1 fully saturated rings. The minimum absolute atomic E-state index is 0.176. The van der Waals surface area contributed by atoms with Gasteiger partial charge in [0.25, 0.3) is 0 Å². The van der Waals surface area contributed by atoms with Crippen molar-refractivity contribution in [3.05, 3.63) is 12.2 Å². The number of rotatable bonds is 4. The number of carbonyl (C=O) groups excluding carboxylic acids is 1. The van der Waals surface area contributed by atoms with Crippen LogP contribution >= 0.6 is 0 Å². The Labute approximate surface area is 100 Å². The van der Waals surface area contributed by atoms with E-state index in [2.05, 4.69) is 6.58 Å². The van der Waals surface area contributed by atoms with Gasteiger partial charge < -0.3 is 14.7 Å². The Hall–Kier alpha value is -1.56. The zero-order chi connectivity index (χ0) is 12.8. The molecule has 96 valence electrons. The topological polar surface area (TPSA) is 70.1 Å². The maximum Gasteiger partial charge on any atom is 0.409 e. The summed E-state index contributed by atoms with van der Waals surface area (Å²) in [6.45, 7) is 8.37. The first-order valence-corrected chi connectivity index (χ1v) is 5.59. The van der Waals surface area contributed by atoms with Gasteiger partial charge in [-0.15, -0.1) is 0 Å². The van der Waals surface area contributed by atoms with Crippen LogP contribution in [0.3, 0.4) is 0 Å². The van der Waals surface area contributed by atoms with Crippen molar-refractivity contribution in [1.82, 2.24) is 9.80 Å². The average Bonchev–Trinajstić information content (AvgIpc) is 2.30. The van der Waals surface area contributed by atoms with Crippen LogP contribution in [0.2, 0.25) is 0 Å². The molecule has 0 unspecified atom stereocenters. The predicted molar refractivity (Wildman–Crippen MR) is 61.8 cm³/mol. The number of carboxylic acid groups (broad SMARTS) is 1. The predicted octanol–water partition coefficient (Wildman–Crippen LogP) is 0.401. The lowest BCUT2D eigenvalue weighted by molar-refractivity contribution is -0.132. The second-order valence-corrected chi connectivity index (χ2v) is 3.87. The van der Waals surface area contributed by atoms with Crippen LogP contribution in [0.5, 0.6) is 0 Å². The fourth-order valence-electron chi connectivity index (χ4n) is 1.64. The van der Waals surface area contributed by atoms with Crippen molar-refractivity contribution in [1.29, 1.82) is 0 Å². The van der Waals surface area contributed by atoms with Gasteiger partial charge in [-0.3, -0.25) is 4.90 Å². The molecule has 1 rings (SSSR count). The lowest BCUT2D eigenvalue weighted by Gasteiger charge is -2.33. The van der Waals surface area contributed by atoms with Crippen molar-refractivity contribution < 1.29 is 19.4 Å². The normalized spacial score (nSPS) is 16.6. The molecule has 17 heavy (non-hydrogen) atoms. The van der Waals surface area contributed by atoms with E-state index >= 15 is 0 Å². The number of nitrogens with zero attached hydrogens (tertiary/aromatic N) is 2. The number of piperazine rings is 1. The van der Waals surface area contributed by atoms with E-state index in [0.717, 1.165) is 0 Å². The molecule has 0 aromatic heterocycles. The minimum Gasteiger partial charge on any atom is -0.478 e. The molecule has 1 heterocycles. The monoisotopic (exact) mass is 242 g/mol. The van der Waals surface area contributed by atoms with Gasteiger partial charge in [0.1, 0.15) is 0 Å². The number of carboxylic acids is 1. The van der Waals surface area contributed by atoms with E-state index in [4.69, 9.17) is 9.84 Å². The third-order valence-corrected chi connectivity index (χ3v) is 2.62. The first-order chi connectivity index (χ1) is 8.04. The van der Waals surface area contributed by atoms with Gasteiger partial charge >= 0.3 is 12.1 Å². The summed E-state index contributed by atoms with van der Waals surface area (Å²) in [5.41, 5.74) is 0.176. The van der Waals surface area contributed by atoms with E-state index in [1.807, 2.05) is 4.90 Å². The first kappa shape index (κ1) is 13.5. The number of hydrogen-bond acceptors (Lipinski definition) is 4. The van der Waals surface area contributed by atoms with Crippen molar-refractivity contribution in [2.75, 3.05) is 39.3 Å². The molecule has 0 aliphatic carbocycles. The fourth-order valence-corrected chi connectivity index (χ4v) is 1.64. The number of hydrogen-bond donors (Lipinski definition) is 1. The fraction of sp³-hybridized carbons (Fsp3) is 0.636. The largest absolute Gasteiger partial charge is 0.478 e. The Morgan fingerprint density at radius 1 is 1.29 bits per heavy atom. The highest BCUT2D eigenvalue weighted by Gasteiger charge is 2.22. The summed E-state index contributed by atoms with van der Waals surface area (Å²) < 4.78 is 4.89. The third-order valence-electron chi connectivity index (χ3n) is 2.62. The second kappa shape index (κ2) is 6.24. The molecule has 1 N–H and O–H groups in total. The summed E-state index contributed by atoms with van der Waals surface area (Å²) in [5.74, 6) is -0.974. The molecule has 1 aliphatic rings. The summed E-state index contributed by atoms with van der Waals surface area (Å²) in [6, 6.07) is 0. The van der Waals surface area contributed by atoms with Gasteiger partial charge in [-0.1, -0.05) is 6.58 Å². The van der Waals surface area contributed by atoms with Gasteiger partial charge in [-0.25, -0.2) is 9.59 Å². The van der Waals surface area contributed by atoms with E-state index < -0.39 is 5.97 Å². The van der Waals surface area contributed by atoms with Crippen molar-refractivity contribution in [2.24, 2.45) is 0 Å². The standard InChI is InChI=1S/C11H18N2O4/c1-3-17-11(16)13-6-4-12(5-7-13)8-9(2)10(14)15/h2-8H2,1H3,(H,14,15). The molecule has 0 spiro atoms. The van der Waals surface area contributed by atoms with Crippen LogP contribution in [0.15, 0.2) is 12.2 Å². The summed E-state index contributed by atoms with van der Waals surface area (Å²) in [4.78, 5) is 25.6. The van der Waals surface area contributed by atoms with Gasteiger partial charge in [-0.2, -0.15) is 0 Å². The lowest BCUT2D eigenvalue weighted by Crippen LogP contribution is -2.49. The van der Waals surface area contributed by atoms with Gasteiger partial charge in [0.05, 0.1) is 6.61 Å². The quantitative estimate of drug-likeness (QED) is 0.723. The molecule has 0 aromatic rings. The van der Waals surface area contributed by atoms with Crippen LogP contribution < -0.4 is 0 Å². The number of ether oxygens (including phenoxy) is 1. The lowest BCUT2D eigenvalue weighted by atomic mass is 10.2. The SMILES string of the molecule is C=C(CN1CCN(C(=O)OCC)CC1)C(=O)O. The van der Waals surface area contributed by atoms with E-state index in [0.29, 0.717) is 39.3 Å². The molecular weight excluding hydrogens is 224 g/mol. The highest BCUT2D eigenvalue weighted by Crippen LogP contribution is 2.06. The second-order valence-electron chi connectivity index (χ2n) is 3.87. The van der Waals surface area contributed by atoms with Gasteiger partial charge in [0.15, 0.2) is 0 Å². The molecule has 1 saturated heterocycles. The highest BCUT2D eigenvalue weighted by molar-refractivity contribution is 5.86. The zero-order valence-electron chi connectivity index (χ0n) is 10.0. The molecule has 0 bridgehead atoms. The third kappa shape index (κ3) is 4.07. The van der Waals surface area contributed by atoms with Crippen LogP contribution in [0.1, 0.15) is 6.92 Å². The maximum absolute atomic E-state index is 11.4. The smallest absolute Gasteiger partial charge is 0.409 e. The summed E-state index contributed by atoms with van der Waals surface area (Å²) >= 11 is 0. The summed E-state index contributed by atoms with van der Waals surface area (Å²) in [6.07, 6.45) is -0.302. The molecule has 0 aromatic carbocycles. The molecule has 1 aliphatic heterocycles. The number of aliphatic carboxylic acids is 1. The Morgan fingerprint density at radius 3 is 2.35 bits per heavy atom. The summed E-state index contributed by atoms with van der Waals surface area (Å²) in [7, 11) is 0.